The van der Waals surface area contributed by atoms with Crippen LogP contribution in [0.1, 0.15) is 26.5 Å². The first-order valence-electron chi connectivity index (χ1n) is 8.16. The van der Waals surface area contributed by atoms with E-state index >= 15 is 0 Å². The number of rotatable bonds is 4. The highest BCUT2D eigenvalue weighted by atomic mass is 16.6. The lowest BCUT2D eigenvalue weighted by atomic mass is 10.2. The monoisotopic (exact) mass is 399 g/mol. The topological polar surface area (TPSA) is 131 Å². The number of hydrogen-bond donors (Lipinski definition) is 1. The summed E-state index contributed by atoms with van der Waals surface area (Å²) in [5, 5.41) is 0. The standard InChI is InChI=1S/C12H15N3O3.C6H6N4O/c1-12(2,3)18-9(16)6-8-7-14-10(13-4)11(15-8)17-5;1-8-5-6(11-2)10-4(7)3-9-5/h7H,6H2,1-3,5H3;3H,2H3,(H2,7,10). The fourth-order valence-electron chi connectivity index (χ4n) is 1.82. The highest BCUT2D eigenvalue weighted by Crippen LogP contribution is 2.22. The maximum atomic E-state index is 11.6. The third-order valence-corrected chi connectivity index (χ3v) is 2.86. The van der Waals surface area contributed by atoms with Gasteiger partial charge >= 0.3 is 17.6 Å². The minimum Gasteiger partial charge on any atom is -0.488 e. The SMILES string of the molecule is [C-]#[N+]c1ncc(CC(=O)OC(C)(C)C)nc1OC.[C-]#[N+]c1ncc(N)nc1OC. The van der Waals surface area contributed by atoms with Crippen LogP contribution in [0.3, 0.4) is 0 Å². The molecule has 11 heteroatoms. The first-order valence-corrected chi connectivity index (χ1v) is 8.16. The smallest absolute Gasteiger partial charge is 0.331 e. The van der Waals surface area contributed by atoms with Crippen molar-refractivity contribution >= 4 is 23.4 Å². The van der Waals surface area contributed by atoms with Crippen LogP contribution in [-0.2, 0) is 16.0 Å². The Morgan fingerprint density at radius 3 is 2.03 bits per heavy atom. The summed E-state index contributed by atoms with van der Waals surface area (Å²) in [6.45, 7) is 18.9. The number of aromatic nitrogens is 4. The molecule has 152 valence electrons. The molecule has 0 spiro atoms. The second-order valence-electron chi connectivity index (χ2n) is 6.31. The summed E-state index contributed by atoms with van der Waals surface area (Å²) in [6.07, 6.45) is 2.69. The number of carbonyl (C=O) groups excluding carboxylic acids is 1. The van der Waals surface area contributed by atoms with Crippen molar-refractivity contribution in [1.29, 1.82) is 0 Å². The Morgan fingerprint density at radius 2 is 1.55 bits per heavy atom. The summed E-state index contributed by atoms with van der Waals surface area (Å²) >= 11 is 0. The molecule has 2 N–H and O–H groups in total. The predicted octanol–water partition coefficient (Wildman–Crippen LogP) is 2.54. The summed E-state index contributed by atoms with van der Waals surface area (Å²) in [4.78, 5) is 33.2. The molecule has 0 aliphatic heterocycles. The van der Waals surface area contributed by atoms with Gasteiger partial charge in [0.15, 0.2) is 12.0 Å². The van der Waals surface area contributed by atoms with Crippen LogP contribution in [-0.4, -0.2) is 45.7 Å². The van der Waals surface area contributed by atoms with E-state index in [2.05, 4.69) is 29.6 Å². The van der Waals surface area contributed by atoms with Crippen LogP contribution in [0.25, 0.3) is 9.69 Å². The molecule has 29 heavy (non-hydrogen) atoms. The van der Waals surface area contributed by atoms with Crippen LogP contribution < -0.4 is 15.2 Å². The van der Waals surface area contributed by atoms with E-state index in [1.165, 1.54) is 26.6 Å². The molecular formula is C18H21N7O4. The van der Waals surface area contributed by atoms with Crippen molar-refractivity contribution in [2.75, 3.05) is 20.0 Å². The van der Waals surface area contributed by atoms with Gasteiger partial charge in [0.05, 0.1) is 26.3 Å². The van der Waals surface area contributed by atoms with Crippen LogP contribution in [0.5, 0.6) is 11.8 Å². The van der Waals surface area contributed by atoms with Gasteiger partial charge in [0.2, 0.25) is 11.8 Å². The zero-order chi connectivity index (χ0) is 22.0. The van der Waals surface area contributed by atoms with Crippen LogP contribution in [0.2, 0.25) is 0 Å². The maximum Gasteiger partial charge on any atom is 0.331 e. The van der Waals surface area contributed by atoms with Crippen molar-refractivity contribution < 1.29 is 19.0 Å². The largest absolute Gasteiger partial charge is 0.488 e. The Bertz CT molecular complexity index is 943. The molecule has 0 atom stereocenters. The molecule has 2 rings (SSSR count). The van der Waals surface area contributed by atoms with Crippen LogP contribution in [0.15, 0.2) is 12.4 Å². The van der Waals surface area contributed by atoms with Crippen molar-refractivity contribution in [2.45, 2.75) is 32.8 Å². The highest BCUT2D eigenvalue weighted by Gasteiger charge is 2.18. The first-order chi connectivity index (χ1) is 13.6. The highest BCUT2D eigenvalue weighted by molar-refractivity contribution is 5.72. The predicted molar refractivity (Wildman–Crippen MR) is 104 cm³/mol. The van der Waals surface area contributed by atoms with Crippen LogP contribution in [0.4, 0.5) is 17.5 Å². The van der Waals surface area contributed by atoms with E-state index in [9.17, 15) is 4.79 Å². The van der Waals surface area contributed by atoms with Crippen molar-refractivity contribution in [3.8, 4) is 11.8 Å². The quantitative estimate of drug-likeness (QED) is 0.608. The minimum absolute atomic E-state index is 0.00108. The number of ether oxygens (including phenoxy) is 3. The molecule has 0 amide bonds. The lowest BCUT2D eigenvalue weighted by Gasteiger charge is -2.19. The van der Waals surface area contributed by atoms with Gasteiger partial charge in [-0.05, 0) is 20.8 Å². The minimum atomic E-state index is -0.537. The number of hydrogen-bond acceptors (Lipinski definition) is 9. The van der Waals surface area contributed by atoms with E-state index in [1.54, 1.807) is 20.8 Å². The third-order valence-electron chi connectivity index (χ3n) is 2.86. The Balaban J connectivity index is 0.000000326. The molecule has 0 aliphatic rings. The number of anilines is 1. The summed E-state index contributed by atoms with van der Waals surface area (Å²) in [5.74, 6) is 0.335. The molecular weight excluding hydrogens is 378 g/mol. The lowest BCUT2D eigenvalue weighted by molar-refractivity contribution is -0.154. The molecule has 0 radical (unpaired) electrons. The summed E-state index contributed by atoms with van der Waals surface area (Å²) in [7, 11) is 2.81. The van der Waals surface area contributed by atoms with Crippen molar-refractivity contribution in [2.24, 2.45) is 0 Å². The molecule has 0 aromatic carbocycles. The summed E-state index contributed by atoms with van der Waals surface area (Å²) in [6, 6.07) is 0. The molecule has 0 saturated heterocycles. The molecule has 2 aromatic heterocycles. The van der Waals surface area contributed by atoms with E-state index in [1.807, 2.05) is 0 Å². The van der Waals surface area contributed by atoms with E-state index in [-0.39, 0.29) is 35.6 Å². The van der Waals surface area contributed by atoms with Crippen LogP contribution >= 0.6 is 0 Å². The van der Waals surface area contributed by atoms with Crippen molar-refractivity contribution in [3.63, 3.8) is 0 Å². The van der Waals surface area contributed by atoms with Gasteiger partial charge in [-0.3, -0.25) is 4.79 Å². The summed E-state index contributed by atoms with van der Waals surface area (Å²) in [5.41, 5.74) is 5.18. The number of nitrogens with two attached hydrogens (primary N) is 1. The van der Waals surface area contributed by atoms with Gasteiger partial charge in [-0.15, -0.1) is 9.97 Å². The molecule has 2 aromatic rings. The van der Waals surface area contributed by atoms with Crippen LogP contribution in [0, 0.1) is 13.1 Å². The number of nitrogens with zero attached hydrogens (tertiary/aromatic N) is 6. The van der Waals surface area contributed by atoms with E-state index in [0.717, 1.165) is 0 Å². The molecule has 0 fully saturated rings. The Labute approximate surface area is 168 Å². The average Bonchev–Trinajstić information content (AvgIpc) is 2.66. The zero-order valence-corrected chi connectivity index (χ0v) is 16.8. The van der Waals surface area contributed by atoms with Gasteiger partial charge in [-0.2, -0.15) is 0 Å². The Kier molecular flexibility index (Phi) is 8.24. The summed E-state index contributed by atoms with van der Waals surface area (Å²) < 4.78 is 14.8. The van der Waals surface area contributed by atoms with E-state index < -0.39 is 11.6 Å². The molecule has 11 nitrogen and oxygen atoms in total. The normalized spacial score (nSPS) is 9.90. The third kappa shape index (κ3) is 7.64. The Morgan fingerprint density at radius 1 is 1.03 bits per heavy atom. The van der Waals surface area contributed by atoms with Crippen molar-refractivity contribution in [3.05, 3.63) is 40.9 Å². The number of nitrogen functional groups attached to an aromatic ring is 1. The lowest BCUT2D eigenvalue weighted by Crippen LogP contribution is -2.25. The van der Waals surface area contributed by atoms with Gasteiger partial charge in [0.1, 0.15) is 11.8 Å². The van der Waals surface area contributed by atoms with Gasteiger partial charge < -0.3 is 29.6 Å². The first kappa shape index (κ1) is 23.0. The van der Waals surface area contributed by atoms with Gasteiger partial charge in [0.25, 0.3) is 0 Å². The molecule has 0 aliphatic carbocycles. The van der Waals surface area contributed by atoms with Gasteiger partial charge in [0, 0.05) is 0 Å². The molecule has 0 bridgehead atoms. The molecule has 0 unspecified atom stereocenters. The Hall–Kier alpha value is -3.99. The number of carbonyl (C=O) groups is 1. The number of methoxy groups -OCH3 is 2. The van der Waals surface area contributed by atoms with Gasteiger partial charge in [-0.1, -0.05) is 13.1 Å². The molecule has 2 heterocycles. The maximum absolute atomic E-state index is 11.6. The fourth-order valence-corrected chi connectivity index (χ4v) is 1.82. The zero-order valence-electron chi connectivity index (χ0n) is 16.8. The second-order valence-corrected chi connectivity index (χ2v) is 6.31. The fraction of sp³-hybridized carbons (Fsp3) is 0.389. The number of esters is 1. The van der Waals surface area contributed by atoms with E-state index in [4.69, 9.17) is 33.1 Å². The second kappa shape index (κ2) is 10.4. The average molecular weight is 399 g/mol. The van der Waals surface area contributed by atoms with Gasteiger partial charge in [-0.25, -0.2) is 9.97 Å². The van der Waals surface area contributed by atoms with E-state index in [0.29, 0.717) is 5.69 Å². The molecule has 0 saturated carbocycles. The van der Waals surface area contributed by atoms with Crippen molar-refractivity contribution in [1.82, 2.24) is 19.9 Å².